The fourth-order valence-corrected chi connectivity index (χ4v) is 4.24. The summed E-state index contributed by atoms with van der Waals surface area (Å²) >= 11 is 3.45. The molecule has 0 spiro atoms. The maximum Gasteiger partial charge on any atom is 0.323 e. The number of hydrogen-bond donors (Lipinski definition) is 0. The summed E-state index contributed by atoms with van der Waals surface area (Å²) in [5.74, 6) is -1.92. The molecule has 5 nitrogen and oxygen atoms in total. The van der Waals surface area contributed by atoms with Crippen molar-refractivity contribution in [1.82, 2.24) is 9.97 Å². The van der Waals surface area contributed by atoms with Crippen LogP contribution in [0.2, 0.25) is 0 Å². The van der Waals surface area contributed by atoms with Gasteiger partial charge in [0.15, 0.2) is 5.78 Å². The van der Waals surface area contributed by atoms with Crippen LogP contribution in [0.1, 0.15) is 27.7 Å². The van der Waals surface area contributed by atoms with Crippen molar-refractivity contribution in [2.45, 2.75) is 5.92 Å². The Morgan fingerprint density at radius 2 is 1.41 bits per heavy atom. The van der Waals surface area contributed by atoms with Crippen molar-refractivity contribution in [3.05, 3.63) is 113 Å². The monoisotopic (exact) mass is 484 g/mol. The smallest absolute Gasteiger partial charge is 0.323 e. The number of aromatic nitrogens is 2. The highest BCUT2D eigenvalue weighted by atomic mass is 79.9. The quantitative estimate of drug-likeness (QED) is 0.218. The Morgan fingerprint density at radius 1 is 0.781 bits per heavy atom. The lowest BCUT2D eigenvalue weighted by Crippen LogP contribution is -2.38. The van der Waals surface area contributed by atoms with E-state index in [2.05, 4.69) is 25.9 Å². The zero-order valence-electron chi connectivity index (χ0n) is 16.8. The summed E-state index contributed by atoms with van der Waals surface area (Å²) in [6.45, 7) is 0. The molecule has 156 valence electrons. The first-order valence-electron chi connectivity index (χ1n) is 10.1. The standard InChI is InChI=1S/C26H17BrN2O3/c27-19-12-10-17(11-13-19)16-6-8-18(9-7-16)22(25-28-14-3-15-29-25)23-24(30)20-4-1-2-5-21(20)32-26(23)31/h1-15,22-23H. The maximum atomic E-state index is 13.4. The predicted octanol–water partition coefficient (Wildman–Crippen LogP) is 5.46. The van der Waals surface area contributed by atoms with Gasteiger partial charge in [0, 0.05) is 16.9 Å². The van der Waals surface area contributed by atoms with Gasteiger partial charge in [-0.15, -0.1) is 0 Å². The van der Waals surface area contributed by atoms with Gasteiger partial charge in [0.1, 0.15) is 17.5 Å². The van der Waals surface area contributed by atoms with Gasteiger partial charge in [-0.25, -0.2) is 9.97 Å². The third-order valence-corrected chi connectivity index (χ3v) is 6.07. The van der Waals surface area contributed by atoms with Crippen molar-refractivity contribution in [3.8, 4) is 16.9 Å². The van der Waals surface area contributed by atoms with Crippen LogP contribution < -0.4 is 4.74 Å². The Labute approximate surface area is 193 Å². The van der Waals surface area contributed by atoms with Crippen molar-refractivity contribution >= 4 is 27.7 Å². The van der Waals surface area contributed by atoms with Crippen LogP contribution in [0.5, 0.6) is 5.75 Å². The average molecular weight is 485 g/mol. The third kappa shape index (κ3) is 3.74. The fourth-order valence-electron chi connectivity index (χ4n) is 3.98. The molecule has 5 rings (SSSR count). The number of carbonyl (C=O) groups is 2. The summed E-state index contributed by atoms with van der Waals surface area (Å²) < 4.78 is 6.53. The number of halogens is 1. The van der Waals surface area contributed by atoms with Crippen molar-refractivity contribution in [3.63, 3.8) is 0 Å². The molecule has 4 aromatic rings. The van der Waals surface area contributed by atoms with Gasteiger partial charge in [-0.05, 0) is 47.0 Å². The first-order chi connectivity index (χ1) is 15.6. The number of ketones is 1. The second kappa shape index (κ2) is 8.48. The number of benzene rings is 3. The van der Waals surface area contributed by atoms with E-state index in [-0.39, 0.29) is 11.5 Å². The molecule has 0 saturated heterocycles. The molecular formula is C26H17BrN2O3. The van der Waals surface area contributed by atoms with Crippen LogP contribution in [0.15, 0.2) is 95.7 Å². The van der Waals surface area contributed by atoms with Gasteiger partial charge in [-0.2, -0.15) is 0 Å². The average Bonchev–Trinajstić information content (AvgIpc) is 2.83. The topological polar surface area (TPSA) is 69.2 Å². The van der Waals surface area contributed by atoms with Gasteiger partial charge in [-0.3, -0.25) is 9.59 Å². The fraction of sp³-hybridized carbons (Fsp3) is 0.0769. The van der Waals surface area contributed by atoms with Gasteiger partial charge < -0.3 is 4.74 Å². The van der Waals surface area contributed by atoms with Crippen molar-refractivity contribution < 1.29 is 14.3 Å². The summed E-state index contributed by atoms with van der Waals surface area (Å²) in [7, 11) is 0. The Morgan fingerprint density at radius 3 is 2.09 bits per heavy atom. The van der Waals surface area contributed by atoms with Gasteiger partial charge >= 0.3 is 5.97 Å². The van der Waals surface area contributed by atoms with E-state index in [0.29, 0.717) is 11.4 Å². The van der Waals surface area contributed by atoms with E-state index in [9.17, 15) is 9.59 Å². The summed E-state index contributed by atoms with van der Waals surface area (Å²) in [6.07, 6.45) is 3.22. The number of hydrogen-bond acceptors (Lipinski definition) is 5. The summed E-state index contributed by atoms with van der Waals surface area (Å²) in [5.41, 5.74) is 3.25. The molecule has 0 N–H and O–H groups in total. The summed E-state index contributed by atoms with van der Waals surface area (Å²) in [4.78, 5) is 35.1. The van der Waals surface area contributed by atoms with E-state index in [4.69, 9.17) is 4.74 Å². The Hall–Kier alpha value is -3.64. The van der Waals surface area contributed by atoms with E-state index >= 15 is 0 Å². The highest BCUT2D eigenvalue weighted by Crippen LogP contribution is 2.39. The zero-order valence-corrected chi connectivity index (χ0v) is 18.4. The lowest BCUT2D eigenvalue weighted by Gasteiger charge is -2.28. The van der Waals surface area contributed by atoms with Crippen LogP contribution in [0.4, 0.5) is 0 Å². The lowest BCUT2D eigenvalue weighted by atomic mass is 9.79. The number of Topliss-reactive ketones (excluding diaryl/α,β-unsaturated/α-hetero) is 1. The molecule has 0 radical (unpaired) electrons. The Balaban J connectivity index is 1.57. The third-order valence-electron chi connectivity index (χ3n) is 5.54. The SMILES string of the molecule is O=C1Oc2ccccc2C(=O)C1C(c1ccc(-c2ccc(Br)cc2)cc1)c1ncccn1. The van der Waals surface area contributed by atoms with Crippen molar-refractivity contribution in [1.29, 1.82) is 0 Å². The number of ether oxygens (including phenoxy) is 1. The van der Waals surface area contributed by atoms with E-state index in [0.717, 1.165) is 21.2 Å². The molecule has 2 atom stereocenters. The van der Waals surface area contributed by atoms with Crippen LogP contribution in [-0.2, 0) is 4.79 Å². The van der Waals surface area contributed by atoms with Crippen LogP contribution >= 0.6 is 15.9 Å². The van der Waals surface area contributed by atoms with Gasteiger partial charge in [-0.1, -0.05) is 64.5 Å². The number of nitrogens with zero attached hydrogens (tertiary/aromatic N) is 2. The molecule has 1 aliphatic rings. The van der Waals surface area contributed by atoms with E-state index in [1.165, 1.54) is 0 Å². The highest BCUT2D eigenvalue weighted by Gasteiger charge is 2.44. The normalized spacial score (nSPS) is 16.2. The molecular weight excluding hydrogens is 468 g/mol. The first-order valence-corrected chi connectivity index (χ1v) is 10.9. The number of carbonyl (C=O) groups excluding carboxylic acids is 2. The predicted molar refractivity (Wildman–Crippen MR) is 123 cm³/mol. The number of esters is 1. The summed E-state index contributed by atoms with van der Waals surface area (Å²) in [5, 5.41) is 0. The number of rotatable bonds is 4. The van der Waals surface area contributed by atoms with E-state index in [1.54, 1.807) is 42.7 Å². The van der Waals surface area contributed by atoms with E-state index < -0.39 is 17.8 Å². The molecule has 0 aliphatic carbocycles. The molecule has 2 heterocycles. The van der Waals surface area contributed by atoms with E-state index in [1.807, 2.05) is 48.5 Å². The molecule has 2 unspecified atom stereocenters. The first kappa shape index (κ1) is 20.3. The molecule has 32 heavy (non-hydrogen) atoms. The largest absolute Gasteiger partial charge is 0.425 e. The van der Waals surface area contributed by atoms with Crippen molar-refractivity contribution in [2.75, 3.05) is 0 Å². The zero-order chi connectivity index (χ0) is 22.1. The molecule has 3 aromatic carbocycles. The van der Waals surface area contributed by atoms with Gasteiger partial charge in [0.2, 0.25) is 0 Å². The second-order valence-electron chi connectivity index (χ2n) is 7.47. The minimum Gasteiger partial charge on any atom is -0.425 e. The number of fused-ring (bicyclic) bond motifs is 1. The molecule has 1 aliphatic heterocycles. The van der Waals surface area contributed by atoms with Crippen molar-refractivity contribution in [2.24, 2.45) is 5.92 Å². The molecule has 0 amide bonds. The minimum absolute atomic E-state index is 0.286. The van der Waals surface area contributed by atoms with Crippen LogP contribution in [0, 0.1) is 5.92 Å². The van der Waals surface area contributed by atoms with Gasteiger partial charge in [0.05, 0.1) is 11.5 Å². The molecule has 0 fully saturated rings. The second-order valence-corrected chi connectivity index (χ2v) is 8.39. The van der Waals surface area contributed by atoms with Crippen LogP contribution in [-0.4, -0.2) is 21.7 Å². The molecule has 0 saturated carbocycles. The molecule has 6 heteroatoms. The Kier molecular flexibility index (Phi) is 5.37. The number of para-hydroxylation sites is 1. The Bertz CT molecular complexity index is 1290. The van der Waals surface area contributed by atoms with Crippen LogP contribution in [0.3, 0.4) is 0 Å². The minimum atomic E-state index is -1.06. The highest BCUT2D eigenvalue weighted by molar-refractivity contribution is 9.10. The van der Waals surface area contributed by atoms with Gasteiger partial charge in [0.25, 0.3) is 0 Å². The molecule has 0 bridgehead atoms. The summed E-state index contributed by atoms with van der Waals surface area (Å²) in [6, 6.07) is 24.3. The lowest BCUT2D eigenvalue weighted by molar-refractivity contribution is -0.138. The van der Waals surface area contributed by atoms with Crippen LogP contribution in [0.25, 0.3) is 11.1 Å². The molecule has 1 aromatic heterocycles. The maximum absolute atomic E-state index is 13.4.